The van der Waals surface area contributed by atoms with Crippen LogP contribution < -0.4 is 4.74 Å². The van der Waals surface area contributed by atoms with Crippen molar-refractivity contribution in [2.45, 2.75) is 94.8 Å². The quantitative estimate of drug-likeness (QED) is 0.358. The summed E-state index contributed by atoms with van der Waals surface area (Å²) in [5.41, 5.74) is 1.01. The molecule has 1 amide bonds. The van der Waals surface area contributed by atoms with Gasteiger partial charge in [0.05, 0.1) is 19.3 Å². The molecule has 36 heavy (non-hydrogen) atoms. The van der Waals surface area contributed by atoms with Gasteiger partial charge in [0.1, 0.15) is 11.9 Å². The Bertz CT molecular complexity index is 906. The summed E-state index contributed by atoms with van der Waals surface area (Å²) in [5, 5.41) is 0.00930. The largest absolute Gasteiger partial charge is 0.497 e. The van der Waals surface area contributed by atoms with Crippen molar-refractivity contribution >= 4 is 23.0 Å². The molecule has 0 spiro atoms. The van der Waals surface area contributed by atoms with Gasteiger partial charge in [0, 0.05) is 38.7 Å². The lowest BCUT2D eigenvalue weighted by Crippen LogP contribution is -2.60. The number of carbonyl (C=O) groups is 2. The van der Waals surface area contributed by atoms with E-state index in [1.54, 1.807) is 14.2 Å². The normalized spacial score (nSPS) is 30.4. The van der Waals surface area contributed by atoms with Crippen LogP contribution in [0.15, 0.2) is 36.4 Å². The molecule has 8 heteroatoms. The minimum atomic E-state index is -1.02. The number of amides is 1. The summed E-state index contributed by atoms with van der Waals surface area (Å²) in [6.45, 7) is 0.453. The molecule has 0 unspecified atom stereocenters. The van der Waals surface area contributed by atoms with Crippen LogP contribution >= 0.6 is 11.8 Å². The highest BCUT2D eigenvalue weighted by Crippen LogP contribution is 2.43. The van der Waals surface area contributed by atoms with Gasteiger partial charge in [-0.15, -0.1) is 0 Å². The minimum Gasteiger partial charge on any atom is -0.497 e. The van der Waals surface area contributed by atoms with E-state index in [0.717, 1.165) is 56.3 Å². The molecule has 198 valence electrons. The number of methoxy groups -OCH3 is 2. The molecule has 0 radical (unpaired) electrons. The summed E-state index contributed by atoms with van der Waals surface area (Å²) >= 11 is 1.29. The molecule has 2 bridgehead atoms. The molecule has 0 N–H and O–H groups in total. The van der Waals surface area contributed by atoms with Crippen LogP contribution in [0, 0.1) is 0 Å². The molecule has 2 saturated heterocycles. The second-order valence-electron chi connectivity index (χ2n) is 9.88. The fourth-order valence-electron chi connectivity index (χ4n) is 5.39. The van der Waals surface area contributed by atoms with E-state index in [9.17, 15) is 9.59 Å². The van der Waals surface area contributed by atoms with Crippen molar-refractivity contribution in [2.75, 3.05) is 20.0 Å². The van der Waals surface area contributed by atoms with E-state index in [-0.39, 0.29) is 29.5 Å². The predicted octanol–water partition coefficient (Wildman–Crippen LogP) is 5.86. The second-order valence-corrected chi connectivity index (χ2v) is 10.8. The standard InChI is InChI=1S/C28H39NO6S/c1-32-22-15-13-21(14-16-22)19-29-25(20-36-27(29)31)28(33-2)18-24-17-23(35-28)11-9-7-5-3-4-6-8-10-12-26(30)34-24/h3,5,13-16,23-25H,4,6-12,17-20H2,1-2H3/t23-,24-,25+,28-/m1/s1. The van der Waals surface area contributed by atoms with Crippen LogP contribution in [0.25, 0.3) is 0 Å². The van der Waals surface area contributed by atoms with E-state index in [2.05, 4.69) is 12.2 Å². The topological polar surface area (TPSA) is 74.3 Å². The number of allylic oxidation sites excluding steroid dienone is 2. The molecule has 3 aliphatic rings. The van der Waals surface area contributed by atoms with Crippen molar-refractivity contribution in [3.8, 4) is 5.75 Å². The average molecular weight is 518 g/mol. The van der Waals surface area contributed by atoms with Crippen LogP contribution in [0.4, 0.5) is 4.79 Å². The van der Waals surface area contributed by atoms with E-state index < -0.39 is 5.79 Å². The van der Waals surface area contributed by atoms with E-state index in [4.69, 9.17) is 18.9 Å². The van der Waals surface area contributed by atoms with Crippen LogP contribution in [0.1, 0.15) is 69.8 Å². The summed E-state index contributed by atoms with van der Waals surface area (Å²) in [6.07, 6.45) is 12.5. The van der Waals surface area contributed by atoms with E-state index in [0.29, 0.717) is 31.6 Å². The number of hydrogen-bond donors (Lipinski definition) is 0. The number of nitrogens with zero attached hydrogens (tertiary/aromatic N) is 1. The van der Waals surface area contributed by atoms with Gasteiger partial charge in [-0.1, -0.05) is 42.5 Å². The third-order valence-corrected chi connectivity index (χ3v) is 8.32. The summed E-state index contributed by atoms with van der Waals surface area (Å²) in [6, 6.07) is 7.46. The van der Waals surface area contributed by atoms with Crippen molar-refractivity contribution in [2.24, 2.45) is 0 Å². The molecule has 7 nitrogen and oxygen atoms in total. The van der Waals surface area contributed by atoms with Crippen LogP contribution in [0.2, 0.25) is 0 Å². The van der Waals surface area contributed by atoms with Gasteiger partial charge in [0.25, 0.3) is 5.24 Å². The van der Waals surface area contributed by atoms with Crippen LogP contribution in [-0.4, -0.2) is 60.1 Å². The van der Waals surface area contributed by atoms with E-state index in [1.165, 1.54) is 11.8 Å². The summed E-state index contributed by atoms with van der Waals surface area (Å²) in [7, 11) is 3.28. The third-order valence-electron chi connectivity index (χ3n) is 7.36. The zero-order valence-corrected chi connectivity index (χ0v) is 22.3. The third kappa shape index (κ3) is 6.84. The van der Waals surface area contributed by atoms with Crippen LogP contribution in [0.5, 0.6) is 5.75 Å². The number of hydrogen-bond acceptors (Lipinski definition) is 7. The number of esters is 1. The lowest BCUT2D eigenvalue weighted by molar-refractivity contribution is -0.306. The smallest absolute Gasteiger partial charge is 0.306 e. The van der Waals surface area contributed by atoms with Gasteiger partial charge < -0.3 is 23.8 Å². The van der Waals surface area contributed by atoms with Gasteiger partial charge in [-0.2, -0.15) is 0 Å². The highest BCUT2D eigenvalue weighted by atomic mass is 32.2. The van der Waals surface area contributed by atoms with Crippen LogP contribution in [-0.2, 0) is 25.5 Å². The van der Waals surface area contributed by atoms with E-state index >= 15 is 0 Å². The van der Waals surface area contributed by atoms with Gasteiger partial charge in [0.15, 0.2) is 5.79 Å². The summed E-state index contributed by atoms with van der Waals surface area (Å²) in [4.78, 5) is 27.5. The lowest BCUT2D eigenvalue weighted by Gasteiger charge is -2.48. The maximum absolute atomic E-state index is 13.0. The predicted molar refractivity (Wildman–Crippen MR) is 140 cm³/mol. The number of thioether (sulfide) groups is 1. The zero-order chi connectivity index (χ0) is 25.4. The van der Waals surface area contributed by atoms with Crippen molar-refractivity contribution in [3.63, 3.8) is 0 Å². The summed E-state index contributed by atoms with van der Waals surface area (Å²) < 4.78 is 24.1. The van der Waals surface area contributed by atoms with Gasteiger partial charge in [0.2, 0.25) is 0 Å². The Kier molecular flexibility index (Phi) is 9.73. The molecule has 1 aromatic rings. The molecule has 0 saturated carbocycles. The Hall–Kier alpha value is -2.03. The fraction of sp³-hybridized carbons (Fsp3) is 0.643. The first-order chi connectivity index (χ1) is 17.5. The van der Waals surface area contributed by atoms with Crippen molar-refractivity contribution in [3.05, 3.63) is 42.0 Å². The first kappa shape index (κ1) is 27.0. The first-order valence-corrected chi connectivity index (χ1v) is 14.2. The van der Waals surface area contributed by atoms with Crippen LogP contribution in [0.3, 0.4) is 0 Å². The Morgan fingerprint density at radius 3 is 2.56 bits per heavy atom. The van der Waals surface area contributed by atoms with Crippen molar-refractivity contribution in [1.29, 1.82) is 0 Å². The number of ether oxygens (including phenoxy) is 4. The maximum Gasteiger partial charge on any atom is 0.306 e. The van der Waals surface area contributed by atoms with Gasteiger partial charge in [-0.3, -0.25) is 9.59 Å². The molecule has 4 atom stereocenters. The molecule has 1 aromatic carbocycles. The SMILES string of the molecule is COc1ccc(CN2C(=O)SC[C@H]2[C@@]2(OC)C[C@H]3C[C@@H](CCCC=CCCCCCC(=O)O3)O2)cc1. The molecular formula is C28H39NO6S. The molecule has 4 rings (SSSR count). The molecule has 0 aromatic heterocycles. The number of rotatable bonds is 5. The molecular weight excluding hydrogens is 478 g/mol. The minimum absolute atomic E-state index is 0.00930. The van der Waals surface area contributed by atoms with Gasteiger partial charge in [-0.25, -0.2) is 0 Å². The number of benzene rings is 1. The monoisotopic (exact) mass is 517 g/mol. The van der Waals surface area contributed by atoms with Crippen molar-refractivity contribution in [1.82, 2.24) is 4.90 Å². The molecule has 3 aliphatic heterocycles. The fourth-order valence-corrected chi connectivity index (χ4v) is 6.48. The highest BCUT2D eigenvalue weighted by molar-refractivity contribution is 8.13. The highest BCUT2D eigenvalue weighted by Gasteiger charge is 2.54. The Labute approximate surface area is 218 Å². The van der Waals surface area contributed by atoms with E-state index in [1.807, 2.05) is 29.2 Å². The Morgan fingerprint density at radius 1 is 1.03 bits per heavy atom. The Balaban J connectivity index is 1.54. The number of carbonyl (C=O) groups excluding carboxylic acids is 2. The molecule has 3 heterocycles. The second kappa shape index (κ2) is 13.0. The first-order valence-electron chi connectivity index (χ1n) is 13.2. The van der Waals surface area contributed by atoms with Gasteiger partial charge in [-0.05, 0) is 56.2 Å². The van der Waals surface area contributed by atoms with Crippen molar-refractivity contribution < 1.29 is 28.5 Å². The maximum atomic E-state index is 13.0. The average Bonchev–Trinajstić information content (AvgIpc) is 3.25. The Morgan fingerprint density at radius 2 is 1.81 bits per heavy atom. The molecule has 2 fully saturated rings. The lowest BCUT2D eigenvalue weighted by atomic mass is 9.90. The zero-order valence-electron chi connectivity index (χ0n) is 21.5. The summed E-state index contributed by atoms with van der Waals surface area (Å²) in [5.74, 6) is 0.171. The van der Waals surface area contributed by atoms with Gasteiger partial charge >= 0.3 is 5.97 Å². The number of fused-ring (bicyclic) bond motifs is 2. The molecule has 0 aliphatic carbocycles.